The second-order valence-corrected chi connectivity index (χ2v) is 4.45. The minimum Gasteiger partial charge on any atom is -0.341 e. The molecule has 2 unspecified atom stereocenters. The van der Waals surface area contributed by atoms with E-state index in [4.69, 9.17) is 0 Å². The normalized spacial score (nSPS) is 30.0. The maximum atomic E-state index is 12.2. The van der Waals surface area contributed by atoms with Crippen molar-refractivity contribution in [2.75, 3.05) is 0 Å². The van der Waals surface area contributed by atoms with E-state index < -0.39 is 0 Å². The minimum atomic E-state index is -0.0669. The molecule has 1 heterocycles. The van der Waals surface area contributed by atoms with Gasteiger partial charge in [0.05, 0.1) is 6.33 Å². The number of hydrogen-bond acceptors (Lipinski definition) is 3. The van der Waals surface area contributed by atoms with Gasteiger partial charge in [-0.05, 0) is 6.42 Å². The highest BCUT2D eigenvalue weighted by molar-refractivity contribution is 6.26. The standard InChI is InChI=1S/C12H8N2O2/c15-11-7-5-1-2-6(3-5)8(7)12(16)10-9(11)13-4-14-10/h1-2,4-6H,3H2,(H,13,14). The van der Waals surface area contributed by atoms with E-state index in [0.717, 1.165) is 6.42 Å². The first-order valence-corrected chi connectivity index (χ1v) is 5.32. The van der Waals surface area contributed by atoms with E-state index in [-0.39, 0.29) is 23.4 Å². The summed E-state index contributed by atoms with van der Waals surface area (Å²) in [6.45, 7) is 0. The average Bonchev–Trinajstić information content (AvgIpc) is 2.98. The lowest BCUT2D eigenvalue weighted by atomic mass is 9.84. The number of carbonyl (C=O) groups is 2. The van der Waals surface area contributed by atoms with E-state index in [2.05, 4.69) is 9.97 Å². The van der Waals surface area contributed by atoms with E-state index in [0.29, 0.717) is 22.5 Å². The number of fused-ring (bicyclic) bond motifs is 5. The topological polar surface area (TPSA) is 62.8 Å². The van der Waals surface area contributed by atoms with Crippen LogP contribution in [0.25, 0.3) is 0 Å². The summed E-state index contributed by atoms with van der Waals surface area (Å²) in [6, 6.07) is 0. The molecule has 0 saturated heterocycles. The van der Waals surface area contributed by atoms with Gasteiger partial charge in [-0.2, -0.15) is 0 Å². The number of Topliss-reactive ketones (excluding diaryl/α,β-unsaturated/α-hetero) is 2. The van der Waals surface area contributed by atoms with Crippen molar-refractivity contribution in [1.29, 1.82) is 0 Å². The van der Waals surface area contributed by atoms with Crippen molar-refractivity contribution in [3.63, 3.8) is 0 Å². The summed E-state index contributed by atoms with van der Waals surface area (Å²) in [5, 5.41) is 0. The maximum Gasteiger partial charge on any atom is 0.210 e. The molecule has 0 radical (unpaired) electrons. The van der Waals surface area contributed by atoms with Crippen molar-refractivity contribution in [3.8, 4) is 0 Å². The highest BCUT2D eigenvalue weighted by atomic mass is 16.1. The van der Waals surface area contributed by atoms with E-state index in [1.165, 1.54) is 6.33 Å². The molecular weight excluding hydrogens is 204 g/mol. The van der Waals surface area contributed by atoms with E-state index >= 15 is 0 Å². The summed E-state index contributed by atoms with van der Waals surface area (Å²) in [6.07, 6.45) is 6.37. The minimum absolute atomic E-state index is 0.0426. The predicted molar refractivity (Wildman–Crippen MR) is 55.0 cm³/mol. The highest BCUT2D eigenvalue weighted by Crippen LogP contribution is 2.47. The van der Waals surface area contributed by atoms with Gasteiger partial charge in [0.15, 0.2) is 0 Å². The molecule has 0 amide bonds. The van der Waals surface area contributed by atoms with Gasteiger partial charge in [0.2, 0.25) is 11.6 Å². The molecule has 1 N–H and O–H groups in total. The van der Waals surface area contributed by atoms with Gasteiger partial charge >= 0.3 is 0 Å². The summed E-state index contributed by atoms with van der Waals surface area (Å²) in [5.41, 5.74) is 2.06. The molecule has 16 heavy (non-hydrogen) atoms. The zero-order chi connectivity index (χ0) is 10.9. The number of allylic oxidation sites excluding steroid dienone is 4. The first-order valence-electron chi connectivity index (χ1n) is 5.32. The molecule has 4 nitrogen and oxygen atoms in total. The van der Waals surface area contributed by atoms with Crippen LogP contribution in [0.4, 0.5) is 0 Å². The fraction of sp³-hybridized carbons (Fsp3) is 0.250. The van der Waals surface area contributed by atoms with Crippen LogP contribution in [0.5, 0.6) is 0 Å². The molecule has 0 aliphatic heterocycles. The van der Waals surface area contributed by atoms with E-state index in [1.54, 1.807) is 0 Å². The predicted octanol–water partition coefficient (Wildman–Crippen LogP) is 1.29. The van der Waals surface area contributed by atoms with Crippen LogP contribution in [0, 0.1) is 11.8 Å². The van der Waals surface area contributed by atoms with Gasteiger partial charge in [0.1, 0.15) is 11.4 Å². The lowest BCUT2D eigenvalue weighted by Crippen LogP contribution is -2.24. The third-order valence-corrected chi connectivity index (χ3v) is 3.69. The van der Waals surface area contributed by atoms with Crippen molar-refractivity contribution < 1.29 is 9.59 Å². The van der Waals surface area contributed by atoms with Gasteiger partial charge in [0.25, 0.3) is 0 Å². The monoisotopic (exact) mass is 212 g/mol. The molecule has 0 fully saturated rings. The second kappa shape index (κ2) is 2.40. The number of nitrogens with one attached hydrogen (secondary N) is 1. The summed E-state index contributed by atoms with van der Waals surface area (Å²) < 4.78 is 0. The van der Waals surface area contributed by atoms with Crippen LogP contribution in [0.3, 0.4) is 0 Å². The van der Waals surface area contributed by atoms with Crippen molar-refractivity contribution >= 4 is 11.6 Å². The molecule has 0 saturated carbocycles. The van der Waals surface area contributed by atoms with Crippen molar-refractivity contribution in [3.05, 3.63) is 41.0 Å². The molecule has 2 atom stereocenters. The third-order valence-electron chi connectivity index (χ3n) is 3.69. The molecule has 78 valence electrons. The van der Waals surface area contributed by atoms with E-state index in [1.807, 2.05) is 12.2 Å². The molecule has 3 aliphatic carbocycles. The number of aromatic amines is 1. The van der Waals surface area contributed by atoms with E-state index in [9.17, 15) is 9.59 Å². The fourth-order valence-electron chi connectivity index (χ4n) is 3.01. The highest BCUT2D eigenvalue weighted by Gasteiger charge is 2.46. The van der Waals surface area contributed by atoms with Gasteiger partial charge in [0, 0.05) is 23.0 Å². The van der Waals surface area contributed by atoms with Crippen molar-refractivity contribution in [2.45, 2.75) is 6.42 Å². The van der Waals surface area contributed by atoms with Gasteiger partial charge in [-0.1, -0.05) is 12.2 Å². The fourth-order valence-corrected chi connectivity index (χ4v) is 3.01. The number of nitrogens with zero attached hydrogens (tertiary/aromatic N) is 1. The number of hydrogen-bond donors (Lipinski definition) is 1. The molecule has 0 spiro atoms. The first-order chi connectivity index (χ1) is 7.77. The molecule has 4 heteroatoms. The Morgan fingerprint density at radius 3 is 2.56 bits per heavy atom. The van der Waals surface area contributed by atoms with Gasteiger partial charge in [-0.15, -0.1) is 0 Å². The molecule has 3 aliphatic rings. The van der Waals surface area contributed by atoms with Crippen LogP contribution in [-0.2, 0) is 0 Å². The molecule has 1 aromatic rings. The molecule has 0 aromatic carbocycles. The SMILES string of the molecule is O=C1C2=C(C(=O)c3[nH]cnc31)C1C=CC2C1. The Kier molecular flexibility index (Phi) is 1.23. The van der Waals surface area contributed by atoms with Crippen LogP contribution >= 0.6 is 0 Å². The molecule has 1 aromatic heterocycles. The second-order valence-electron chi connectivity index (χ2n) is 4.45. The third kappa shape index (κ3) is 0.722. The average molecular weight is 212 g/mol. The van der Waals surface area contributed by atoms with Crippen molar-refractivity contribution in [1.82, 2.24) is 9.97 Å². The summed E-state index contributed by atoms with van der Waals surface area (Å²) >= 11 is 0. The Bertz CT molecular complexity index is 558. The van der Waals surface area contributed by atoms with Crippen LogP contribution in [0.15, 0.2) is 29.6 Å². The van der Waals surface area contributed by atoms with Crippen molar-refractivity contribution in [2.24, 2.45) is 11.8 Å². The van der Waals surface area contributed by atoms with Crippen LogP contribution in [-0.4, -0.2) is 21.5 Å². The Morgan fingerprint density at radius 1 is 1.12 bits per heavy atom. The van der Waals surface area contributed by atoms with Crippen LogP contribution in [0.2, 0.25) is 0 Å². The Hall–Kier alpha value is -1.97. The molecule has 4 rings (SSSR count). The number of aromatic nitrogens is 2. The number of imidazole rings is 1. The number of rotatable bonds is 0. The Labute approximate surface area is 91.1 Å². The summed E-state index contributed by atoms with van der Waals surface area (Å²) in [7, 11) is 0. The first kappa shape index (κ1) is 8.21. The van der Waals surface area contributed by atoms with Gasteiger partial charge in [-0.25, -0.2) is 4.98 Å². The molecule has 2 bridgehead atoms. The summed E-state index contributed by atoms with van der Waals surface area (Å²) in [5.74, 6) is 0.177. The largest absolute Gasteiger partial charge is 0.341 e. The quantitative estimate of drug-likeness (QED) is 0.659. The van der Waals surface area contributed by atoms with Gasteiger partial charge in [-0.3, -0.25) is 9.59 Å². The van der Waals surface area contributed by atoms with Crippen LogP contribution in [0.1, 0.15) is 27.4 Å². The smallest absolute Gasteiger partial charge is 0.210 e. The number of H-pyrrole nitrogens is 1. The van der Waals surface area contributed by atoms with Crippen LogP contribution < -0.4 is 0 Å². The Morgan fingerprint density at radius 2 is 1.81 bits per heavy atom. The lowest BCUT2D eigenvalue weighted by Gasteiger charge is -2.18. The lowest BCUT2D eigenvalue weighted by molar-refractivity contribution is 0.0964. The zero-order valence-corrected chi connectivity index (χ0v) is 8.36. The summed E-state index contributed by atoms with van der Waals surface area (Å²) in [4.78, 5) is 31.1. The maximum absolute atomic E-state index is 12.2. The number of ketones is 2. The zero-order valence-electron chi connectivity index (χ0n) is 8.36. The van der Waals surface area contributed by atoms with Gasteiger partial charge < -0.3 is 4.98 Å². The Balaban J connectivity index is 2.00. The number of carbonyl (C=O) groups excluding carboxylic acids is 2. The molecular formula is C12H8N2O2.